The largest absolute Gasteiger partial charge is 0.496 e. The summed E-state index contributed by atoms with van der Waals surface area (Å²) in [5, 5.41) is 2.68. The van der Waals surface area contributed by atoms with E-state index in [1.54, 1.807) is 7.11 Å². The molecule has 0 amide bonds. The fourth-order valence-electron chi connectivity index (χ4n) is 4.23. The predicted molar refractivity (Wildman–Crippen MR) is 120 cm³/mol. The zero-order valence-corrected chi connectivity index (χ0v) is 18.8. The summed E-state index contributed by atoms with van der Waals surface area (Å²) in [4.78, 5) is 0. The number of methoxy groups -OCH3 is 1. The van der Waals surface area contributed by atoms with Crippen molar-refractivity contribution in [2.24, 2.45) is 0 Å². The average Bonchev–Trinajstić information content (AvgIpc) is 3.23. The first-order valence-corrected chi connectivity index (χ1v) is 11.8. The molecule has 1 aliphatic heterocycles. The topological polar surface area (TPSA) is 54.0 Å². The summed E-state index contributed by atoms with van der Waals surface area (Å²) >= 11 is 0. The number of hydrogen-bond donors (Lipinski definition) is 0. The van der Waals surface area contributed by atoms with E-state index in [0.29, 0.717) is 18.5 Å². The summed E-state index contributed by atoms with van der Waals surface area (Å²) in [5.74, 6) is 0.719. The van der Waals surface area contributed by atoms with Crippen LogP contribution in [0.4, 0.5) is 0 Å². The van der Waals surface area contributed by atoms with E-state index in [1.165, 1.54) is 0 Å². The van der Waals surface area contributed by atoms with Gasteiger partial charge >= 0.3 is 7.60 Å². The van der Waals surface area contributed by atoms with Crippen molar-refractivity contribution in [2.45, 2.75) is 34.0 Å². The van der Waals surface area contributed by atoms with Gasteiger partial charge in [0.15, 0.2) is 0 Å². The molecule has 5 nitrogen and oxygen atoms in total. The summed E-state index contributed by atoms with van der Waals surface area (Å²) in [7, 11) is -1.90. The minimum atomic E-state index is -3.55. The van der Waals surface area contributed by atoms with Crippen molar-refractivity contribution in [1.29, 1.82) is 0 Å². The van der Waals surface area contributed by atoms with Crippen LogP contribution in [0.25, 0.3) is 21.9 Å². The molecule has 30 heavy (non-hydrogen) atoms. The Morgan fingerprint density at radius 3 is 2.43 bits per heavy atom. The van der Waals surface area contributed by atoms with Crippen LogP contribution in [0.2, 0.25) is 0 Å². The minimum Gasteiger partial charge on any atom is -0.496 e. The molecule has 0 saturated carbocycles. The lowest BCUT2D eigenvalue weighted by Crippen LogP contribution is -2.17. The molecule has 0 bridgehead atoms. The van der Waals surface area contributed by atoms with Gasteiger partial charge in [-0.2, -0.15) is 0 Å². The van der Waals surface area contributed by atoms with E-state index in [0.717, 1.165) is 44.3 Å². The molecule has 0 saturated heterocycles. The molecule has 1 heterocycles. The lowest BCUT2D eigenvalue weighted by atomic mass is 9.90. The van der Waals surface area contributed by atoms with Crippen molar-refractivity contribution < 1.29 is 23.1 Å². The smallest absolute Gasteiger partial charge is 0.361 e. The van der Waals surface area contributed by atoms with Gasteiger partial charge in [0.1, 0.15) is 5.75 Å². The summed E-state index contributed by atoms with van der Waals surface area (Å²) in [6.07, 6.45) is 0. The quantitative estimate of drug-likeness (QED) is 0.451. The van der Waals surface area contributed by atoms with E-state index in [9.17, 15) is 4.57 Å². The second-order valence-corrected chi connectivity index (χ2v) is 9.22. The van der Waals surface area contributed by atoms with E-state index in [4.69, 9.17) is 18.5 Å². The monoisotopic (exact) mass is 426 g/mol. The number of fused-ring (bicyclic) bond motifs is 2. The summed E-state index contributed by atoms with van der Waals surface area (Å²) in [6, 6.07) is 14.1. The Morgan fingerprint density at radius 2 is 1.73 bits per heavy atom. The van der Waals surface area contributed by atoms with Crippen LogP contribution in [-0.4, -0.2) is 20.3 Å². The number of hydrogen-bond acceptors (Lipinski definition) is 5. The summed E-state index contributed by atoms with van der Waals surface area (Å²) in [6.45, 7) is 7.31. The Bertz CT molecular complexity index is 1130. The molecule has 3 aromatic rings. The third-order valence-corrected chi connectivity index (χ3v) is 7.68. The zero-order chi connectivity index (χ0) is 21.3. The van der Waals surface area contributed by atoms with Crippen LogP contribution >= 0.6 is 7.60 Å². The Balaban J connectivity index is 2.13. The second-order valence-electron chi connectivity index (χ2n) is 7.22. The van der Waals surface area contributed by atoms with E-state index in [-0.39, 0.29) is 13.2 Å². The van der Waals surface area contributed by atoms with Gasteiger partial charge in [-0.25, -0.2) is 0 Å². The molecule has 0 unspecified atom stereocenters. The van der Waals surface area contributed by atoms with Crippen LogP contribution < -0.4 is 10.0 Å². The number of rotatable bonds is 7. The van der Waals surface area contributed by atoms with Crippen LogP contribution in [0.3, 0.4) is 0 Å². The molecule has 0 fully saturated rings. The highest BCUT2D eigenvalue weighted by atomic mass is 31.2. The lowest BCUT2D eigenvalue weighted by Gasteiger charge is -2.25. The number of benzene rings is 3. The fourth-order valence-corrected chi connectivity index (χ4v) is 6.13. The SMILES string of the molecule is CCOP(=O)(OCC)c1cc2c(c(C)c1-c1c(OC)ccc3ccccc13)COC2. The van der Waals surface area contributed by atoms with Crippen molar-refractivity contribution in [3.8, 4) is 16.9 Å². The molecule has 4 rings (SSSR count). The van der Waals surface area contributed by atoms with Gasteiger partial charge in [-0.3, -0.25) is 4.57 Å². The van der Waals surface area contributed by atoms with Crippen LogP contribution in [0, 0.1) is 6.92 Å². The van der Waals surface area contributed by atoms with Gasteiger partial charge in [-0.05, 0) is 60.4 Å². The molecule has 0 atom stereocenters. The predicted octanol–water partition coefficient (Wildman–Crippen LogP) is 5.75. The van der Waals surface area contributed by atoms with Crippen molar-refractivity contribution >= 4 is 23.7 Å². The Kier molecular flexibility index (Phi) is 5.99. The van der Waals surface area contributed by atoms with Gasteiger partial charge in [0.25, 0.3) is 0 Å². The van der Waals surface area contributed by atoms with Crippen LogP contribution in [0.5, 0.6) is 5.75 Å². The Labute approximate surface area is 177 Å². The molecule has 0 aliphatic carbocycles. The molecule has 0 N–H and O–H groups in total. The molecule has 0 spiro atoms. The van der Waals surface area contributed by atoms with Gasteiger partial charge in [-0.1, -0.05) is 30.3 Å². The third-order valence-electron chi connectivity index (χ3n) is 5.54. The summed E-state index contributed by atoms with van der Waals surface area (Å²) in [5.41, 5.74) is 4.93. The highest BCUT2D eigenvalue weighted by Crippen LogP contribution is 2.52. The lowest BCUT2D eigenvalue weighted by molar-refractivity contribution is 0.134. The summed E-state index contributed by atoms with van der Waals surface area (Å²) < 4.78 is 37.0. The average molecular weight is 426 g/mol. The number of ether oxygens (including phenoxy) is 2. The maximum Gasteiger partial charge on any atom is 0.361 e. The highest BCUT2D eigenvalue weighted by molar-refractivity contribution is 7.62. The van der Waals surface area contributed by atoms with Gasteiger partial charge in [-0.15, -0.1) is 0 Å². The standard InChI is InChI=1S/C24H27O5P/c1-5-28-30(25,29-6-2)22-13-18-14-27-15-20(18)16(3)23(22)24-19-10-8-7-9-17(19)11-12-21(24)26-4/h7-13H,5-6,14-15H2,1-4H3. The van der Waals surface area contributed by atoms with Crippen LogP contribution in [0.1, 0.15) is 30.5 Å². The first kappa shape index (κ1) is 21.1. The molecular weight excluding hydrogens is 399 g/mol. The maximum absolute atomic E-state index is 14.0. The van der Waals surface area contributed by atoms with E-state index >= 15 is 0 Å². The molecule has 0 radical (unpaired) electrons. The minimum absolute atomic E-state index is 0.288. The van der Waals surface area contributed by atoms with Gasteiger partial charge < -0.3 is 18.5 Å². The van der Waals surface area contributed by atoms with Gasteiger partial charge in [0, 0.05) is 11.1 Å². The zero-order valence-electron chi connectivity index (χ0n) is 17.9. The van der Waals surface area contributed by atoms with E-state index in [1.807, 2.05) is 44.2 Å². The molecule has 1 aliphatic rings. The third kappa shape index (κ3) is 3.46. The van der Waals surface area contributed by atoms with Crippen molar-refractivity contribution in [3.63, 3.8) is 0 Å². The van der Waals surface area contributed by atoms with Crippen LogP contribution in [-0.2, 0) is 31.6 Å². The molecule has 6 heteroatoms. The second kappa shape index (κ2) is 8.52. The van der Waals surface area contributed by atoms with Crippen molar-refractivity contribution in [3.05, 3.63) is 59.2 Å². The normalized spacial score (nSPS) is 13.6. The van der Waals surface area contributed by atoms with Gasteiger partial charge in [0.2, 0.25) is 0 Å². The molecular formula is C24H27O5P. The molecule has 158 valence electrons. The first-order valence-electron chi connectivity index (χ1n) is 10.2. The van der Waals surface area contributed by atoms with Crippen LogP contribution in [0.15, 0.2) is 42.5 Å². The van der Waals surface area contributed by atoms with Crippen molar-refractivity contribution in [2.75, 3.05) is 20.3 Å². The van der Waals surface area contributed by atoms with Crippen molar-refractivity contribution in [1.82, 2.24) is 0 Å². The highest BCUT2D eigenvalue weighted by Gasteiger charge is 2.35. The fraction of sp³-hybridized carbons (Fsp3) is 0.333. The van der Waals surface area contributed by atoms with E-state index in [2.05, 4.69) is 19.1 Å². The molecule has 3 aromatic carbocycles. The first-order chi connectivity index (χ1) is 14.5. The van der Waals surface area contributed by atoms with Gasteiger partial charge in [0.05, 0.1) is 38.8 Å². The van der Waals surface area contributed by atoms with E-state index < -0.39 is 7.60 Å². The Morgan fingerprint density at radius 1 is 1.00 bits per heavy atom. The molecule has 0 aromatic heterocycles. The Hall–Kier alpha value is -2.17. The maximum atomic E-state index is 14.0.